The molecular formula is C14H19ClN2O2S. The number of anilines is 1. The van der Waals surface area contributed by atoms with E-state index in [1.165, 1.54) is 12.1 Å². The quantitative estimate of drug-likeness (QED) is 0.663. The van der Waals surface area contributed by atoms with E-state index >= 15 is 0 Å². The van der Waals surface area contributed by atoms with Crippen molar-refractivity contribution in [3.05, 3.63) is 34.9 Å². The minimum Gasteiger partial charge on any atom is -0.398 e. The van der Waals surface area contributed by atoms with Crippen LogP contribution in [0.3, 0.4) is 0 Å². The zero-order valence-electron chi connectivity index (χ0n) is 11.4. The Labute approximate surface area is 125 Å². The van der Waals surface area contributed by atoms with Crippen molar-refractivity contribution >= 4 is 27.3 Å². The highest BCUT2D eigenvalue weighted by Gasteiger charge is 2.19. The normalized spacial score (nSPS) is 19.2. The highest BCUT2D eigenvalue weighted by molar-refractivity contribution is 7.89. The van der Waals surface area contributed by atoms with Crippen LogP contribution < -0.4 is 10.5 Å². The summed E-state index contributed by atoms with van der Waals surface area (Å²) in [4.78, 5) is 0.122. The van der Waals surface area contributed by atoms with Crippen LogP contribution in [0.2, 0.25) is 5.02 Å². The van der Waals surface area contributed by atoms with Crippen molar-refractivity contribution in [2.45, 2.75) is 31.1 Å². The lowest BCUT2D eigenvalue weighted by Crippen LogP contribution is -2.30. The topological polar surface area (TPSA) is 72.2 Å². The van der Waals surface area contributed by atoms with E-state index < -0.39 is 10.0 Å². The monoisotopic (exact) mass is 314 g/mol. The zero-order chi connectivity index (χ0) is 14.8. The first-order valence-corrected chi connectivity index (χ1v) is 8.46. The molecule has 0 aromatic heterocycles. The molecule has 0 bridgehead atoms. The average Bonchev–Trinajstić information content (AvgIpc) is 2.43. The summed E-state index contributed by atoms with van der Waals surface area (Å²) in [6.45, 7) is 2.20. The summed E-state index contributed by atoms with van der Waals surface area (Å²) in [6.07, 6.45) is 7.17. The average molecular weight is 315 g/mol. The molecule has 0 heterocycles. The molecule has 20 heavy (non-hydrogen) atoms. The van der Waals surface area contributed by atoms with Crippen LogP contribution in [-0.2, 0) is 10.0 Å². The number of nitrogens with one attached hydrogen (secondary N) is 1. The Hall–Kier alpha value is -1.04. The van der Waals surface area contributed by atoms with Crippen LogP contribution >= 0.6 is 11.6 Å². The van der Waals surface area contributed by atoms with Crippen molar-refractivity contribution in [2.75, 3.05) is 12.3 Å². The third kappa shape index (κ3) is 3.53. The second kappa shape index (κ2) is 6.16. The van der Waals surface area contributed by atoms with E-state index in [0.29, 0.717) is 28.7 Å². The molecule has 2 rings (SSSR count). The smallest absolute Gasteiger partial charge is 0.240 e. The first-order chi connectivity index (χ1) is 9.40. The van der Waals surface area contributed by atoms with Crippen LogP contribution in [0, 0.1) is 12.8 Å². The Bertz CT molecular complexity index is 603. The van der Waals surface area contributed by atoms with Gasteiger partial charge in [0.2, 0.25) is 10.0 Å². The van der Waals surface area contributed by atoms with E-state index in [9.17, 15) is 8.42 Å². The second-order valence-corrected chi connectivity index (χ2v) is 7.30. The molecule has 6 heteroatoms. The Morgan fingerprint density at radius 2 is 2.15 bits per heavy atom. The lowest BCUT2D eigenvalue weighted by Gasteiger charge is -2.18. The Kier molecular flexibility index (Phi) is 4.73. The van der Waals surface area contributed by atoms with Gasteiger partial charge >= 0.3 is 0 Å². The molecular weight excluding hydrogens is 296 g/mol. The van der Waals surface area contributed by atoms with Gasteiger partial charge in [-0.3, -0.25) is 0 Å². The molecule has 0 fully saturated rings. The standard InChI is InChI=1S/C14H19ClN2O2S/c1-10-13(15)7-12(8-14(10)16)20(18,19)17-9-11-5-3-2-4-6-11/h2-3,7-8,11,17H,4-6,9,16H2,1H3. The van der Waals surface area contributed by atoms with Gasteiger partial charge < -0.3 is 5.73 Å². The van der Waals surface area contributed by atoms with Gasteiger partial charge in [0.15, 0.2) is 0 Å². The van der Waals surface area contributed by atoms with Crippen molar-refractivity contribution < 1.29 is 8.42 Å². The predicted molar refractivity (Wildman–Crippen MR) is 82.3 cm³/mol. The van der Waals surface area contributed by atoms with Crippen LogP contribution in [0.25, 0.3) is 0 Å². The number of nitrogen functional groups attached to an aromatic ring is 1. The molecule has 0 saturated heterocycles. The van der Waals surface area contributed by atoms with Crippen LogP contribution in [0.15, 0.2) is 29.2 Å². The fraction of sp³-hybridized carbons (Fsp3) is 0.429. The highest BCUT2D eigenvalue weighted by atomic mass is 35.5. The summed E-state index contributed by atoms with van der Waals surface area (Å²) in [5, 5.41) is 0.367. The van der Waals surface area contributed by atoms with Gasteiger partial charge in [-0.2, -0.15) is 0 Å². The molecule has 3 N–H and O–H groups in total. The minimum absolute atomic E-state index is 0.122. The third-order valence-corrected chi connectivity index (χ3v) is 5.40. The van der Waals surface area contributed by atoms with Gasteiger partial charge in [0.25, 0.3) is 0 Å². The van der Waals surface area contributed by atoms with Crippen molar-refractivity contribution in [2.24, 2.45) is 5.92 Å². The maximum Gasteiger partial charge on any atom is 0.240 e. The first kappa shape index (κ1) is 15.4. The van der Waals surface area contributed by atoms with Crippen molar-refractivity contribution in [3.63, 3.8) is 0 Å². The fourth-order valence-electron chi connectivity index (χ4n) is 2.18. The van der Waals surface area contributed by atoms with Crippen LogP contribution in [-0.4, -0.2) is 15.0 Å². The molecule has 1 atom stereocenters. The molecule has 1 aromatic rings. The summed E-state index contributed by atoms with van der Waals surface area (Å²) < 4.78 is 27.1. The Morgan fingerprint density at radius 1 is 1.40 bits per heavy atom. The van der Waals surface area contributed by atoms with Crippen molar-refractivity contribution in [1.29, 1.82) is 0 Å². The molecule has 0 amide bonds. The lowest BCUT2D eigenvalue weighted by molar-refractivity contribution is 0.468. The molecule has 1 unspecified atom stereocenters. The molecule has 0 saturated carbocycles. The zero-order valence-corrected chi connectivity index (χ0v) is 13.0. The van der Waals surface area contributed by atoms with E-state index in [0.717, 1.165) is 19.3 Å². The third-order valence-electron chi connectivity index (χ3n) is 3.61. The van der Waals surface area contributed by atoms with Gasteiger partial charge in [-0.15, -0.1) is 0 Å². The predicted octanol–water partition coefficient (Wildman–Crippen LogP) is 2.87. The molecule has 1 aromatic carbocycles. The van der Waals surface area contributed by atoms with E-state index in [1.54, 1.807) is 6.92 Å². The fourth-order valence-corrected chi connectivity index (χ4v) is 3.65. The van der Waals surface area contributed by atoms with E-state index in [-0.39, 0.29) is 4.90 Å². The summed E-state index contributed by atoms with van der Waals surface area (Å²) in [6, 6.07) is 2.89. The molecule has 1 aliphatic rings. The molecule has 0 aliphatic heterocycles. The Morgan fingerprint density at radius 3 is 2.75 bits per heavy atom. The van der Waals surface area contributed by atoms with Gasteiger partial charge in [0.05, 0.1) is 4.90 Å². The number of allylic oxidation sites excluding steroid dienone is 2. The van der Waals surface area contributed by atoms with Crippen molar-refractivity contribution in [3.8, 4) is 0 Å². The number of rotatable bonds is 4. The summed E-state index contributed by atoms with van der Waals surface area (Å²) in [5.74, 6) is 0.355. The first-order valence-electron chi connectivity index (χ1n) is 6.60. The molecule has 4 nitrogen and oxygen atoms in total. The number of benzene rings is 1. The summed E-state index contributed by atoms with van der Waals surface area (Å²) in [5.41, 5.74) is 6.86. The SMILES string of the molecule is Cc1c(N)cc(S(=O)(=O)NCC2CC=CCC2)cc1Cl. The lowest BCUT2D eigenvalue weighted by atomic mass is 9.95. The van der Waals surface area contributed by atoms with Crippen LogP contribution in [0.1, 0.15) is 24.8 Å². The minimum atomic E-state index is -3.56. The van der Waals surface area contributed by atoms with Gasteiger partial charge in [0, 0.05) is 17.3 Å². The summed E-state index contributed by atoms with van der Waals surface area (Å²) >= 11 is 5.99. The maximum absolute atomic E-state index is 12.2. The van der Waals surface area contributed by atoms with Gasteiger partial charge in [-0.05, 0) is 49.8 Å². The van der Waals surface area contributed by atoms with Crippen LogP contribution in [0.5, 0.6) is 0 Å². The van der Waals surface area contributed by atoms with Gasteiger partial charge in [-0.25, -0.2) is 13.1 Å². The van der Waals surface area contributed by atoms with E-state index in [1.807, 2.05) is 0 Å². The molecule has 110 valence electrons. The number of halogens is 1. The molecule has 0 spiro atoms. The van der Waals surface area contributed by atoms with Crippen LogP contribution in [0.4, 0.5) is 5.69 Å². The largest absolute Gasteiger partial charge is 0.398 e. The van der Waals surface area contributed by atoms with Gasteiger partial charge in [0.1, 0.15) is 0 Å². The summed E-state index contributed by atoms with van der Waals surface area (Å²) in [7, 11) is -3.56. The van der Waals surface area contributed by atoms with E-state index in [4.69, 9.17) is 17.3 Å². The number of nitrogens with two attached hydrogens (primary N) is 1. The number of hydrogen-bond acceptors (Lipinski definition) is 3. The van der Waals surface area contributed by atoms with E-state index in [2.05, 4.69) is 16.9 Å². The van der Waals surface area contributed by atoms with Crippen molar-refractivity contribution in [1.82, 2.24) is 4.72 Å². The molecule has 1 aliphatic carbocycles. The highest BCUT2D eigenvalue weighted by Crippen LogP contribution is 2.26. The maximum atomic E-state index is 12.2. The van der Waals surface area contributed by atoms with Gasteiger partial charge in [-0.1, -0.05) is 23.8 Å². The number of sulfonamides is 1. The second-order valence-electron chi connectivity index (χ2n) is 5.12. The Balaban J connectivity index is 2.12. The number of hydrogen-bond donors (Lipinski definition) is 2. The molecule has 0 radical (unpaired) electrons.